The first-order chi connectivity index (χ1) is 5.69. The van der Waals surface area contributed by atoms with Gasteiger partial charge in [-0.1, -0.05) is 13.8 Å². The van der Waals surface area contributed by atoms with Crippen molar-refractivity contribution in [2.75, 3.05) is 0 Å². The van der Waals surface area contributed by atoms with Gasteiger partial charge in [0, 0.05) is 13.1 Å². The monoisotopic (exact) mass is 167 g/mol. The minimum atomic E-state index is 0.128. The van der Waals surface area contributed by atoms with E-state index in [0.717, 1.165) is 24.2 Å². The third-order valence-corrected chi connectivity index (χ3v) is 2.15. The fourth-order valence-electron chi connectivity index (χ4n) is 1.27. The van der Waals surface area contributed by atoms with E-state index in [1.807, 2.05) is 11.7 Å². The van der Waals surface area contributed by atoms with Gasteiger partial charge in [-0.3, -0.25) is 4.68 Å². The molecule has 0 aromatic carbocycles. The second-order valence-electron chi connectivity index (χ2n) is 3.05. The molecule has 0 saturated carbocycles. The van der Waals surface area contributed by atoms with Crippen molar-refractivity contribution in [1.29, 1.82) is 0 Å². The average molecular weight is 167 g/mol. The zero-order valence-electron chi connectivity index (χ0n) is 8.04. The molecule has 1 aromatic rings. The van der Waals surface area contributed by atoms with E-state index < -0.39 is 0 Å². The van der Waals surface area contributed by atoms with Crippen LogP contribution in [-0.4, -0.2) is 9.78 Å². The number of hydrogen-bond acceptors (Lipinski definition) is 2. The zero-order chi connectivity index (χ0) is 9.14. The van der Waals surface area contributed by atoms with Crippen LogP contribution in [0.15, 0.2) is 6.07 Å². The summed E-state index contributed by atoms with van der Waals surface area (Å²) >= 11 is 0. The molecule has 1 rings (SSSR count). The summed E-state index contributed by atoms with van der Waals surface area (Å²) in [5.41, 5.74) is 8.16. The molecular formula is C9H17N3. The normalized spacial score (nSPS) is 13.3. The highest BCUT2D eigenvalue weighted by molar-refractivity contribution is 5.13. The summed E-state index contributed by atoms with van der Waals surface area (Å²) in [7, 11) is 1.95. The molecule has 68 valence electrons. The second kappa shape index (κ2) is 3.72. The molecule has 3 heteroatoms. The molecule has 1 aromatic heterocycles. The van der Waals surface area contributed by atoms with Crippen LogP contribution in [0.3, 0.4) is 0 Å². The van der Waals surface area contributed by atoms with E-state index in [2.05, 4.69) is 25.0 Å². The highest BCUT2D eigenvalue weighted by Crippen LogP contribution is 2.14. The van der Waals surface area contributed by atoms with E-state index in [4.69, 9.17) is 5.73 Å². The third-order valence-electron chi connectivity index (χ3n) is 2.15. The number of hydrogen-bond donors (Lipinski definition) is 1. The lowest BCUT2D eigenvalue weighted by Crippen LogP contribution is -2.13. The van der Waals surface area contributed by atoms with Crippen LogP contribution >= 0.6 is 0 Å². The third kappa shape index (κ3) is 1.67. The number of nitrogens with two attached hydrogens (primary N) is 1. The topological polar surface area (TPSA) is 43.8 Å². The Bertz CT molecular complexity index is 252. The fourth-order valence-corrected chi connectivity index (χ4v) is 1.27. The predicted molar refractivity (Wildman–Crippen MR) is 49.8 cm³/mol. The molecule has 1 heterocycles. The summed E-state index contributed by atoms with van der Waals surface area (Å²) in [6.45, 7) is 4.19. The van der Waals surface area contributed by atoms with Gasteiger partial charge >= 0.3 is 0 Å². The molecule has 1 atom stereocenters. The average Bonchev–Trinajstić information content (AvgIpc) is 2.45. The van der Waals surface area contributed by atoms with Crippen LogP contribution in [0.4, 0.5) is 0 Å². The van der Waals surface area contributed by atoms with Crippen LogP contribution in [-0.2, 0) is 13.5 Å². The highest BCUT2D eigenvalue weighted by Gasteiger charge is 2.09. The molecule has 3 nitrogen and oxygen atoms in total. The summed E-state index contributed by atoms with van der Waals surface area (Å²) in [5.74, 6) is 0. The Kier molecular flexibility index (Phi) is 2.87. The van der Waals surface area contributed by atoms with E-state index in [9.17, 15) is 0 Å². The van der Waals surface area contributed by atoms with Gasteiger partial charge in [0.05, 0.1) is 11.4 Å². The molecular weight excluding hydrogens is 150 g/mol. The minimum Gasteiger partial charge on any atom is -0.323 e. The second-order valence-corrected chi connectivity index (χ2v) is 3.05. The van der Waals surface area contributed by atoms with Gasteiger partial charge in [-0.15, -0.1) is 0 Å². The van der Waals surface area contributed by atoms with E-state index >= 15 is 0 Å². The van der Waals surface area contributed by atoms with Crippen molar-refractivity contribution in [1.82, 2.24) is 9.78 Å². The Hall–Kier alpha value is -0.830. The van der Waals surface area contributed by atoms with E-state index in [0.29, 0.717) is 0 Å². The Morgan fingerprint density at radius 2 is 2.25 bits per heavy atom. The largest absolute Gasteiger partial charge is 0.323 e. The standard InChI is InChI=1S/C9H17N3/c1-4-7-6-9(8(10)5-2)12(3)11-7/h6,8H,4-5,10H2,1-3H3. The molecule has 1 unspecified atom stereocenters. The van der Waals surface area contributed by atoms with Gasteiger partial charge in [-0.25, -0.2) is 0 Å². The summed E-state index contributed by atoms with van der Waals surface area (Å²) < 4.78 is 1.88. The molecule has 0 bridgehead atoms. The van der Waals surface area contributed by atoms with E-state index in [-0.39, 0.29) is 6.04 Å². The molecule has 0 radical (unpaired) electrons. The molecule has 0 amide bonds. The molecule has 0 aliphatic heterocycles. The molecule has 2 N–H and O–H groups in total. The highest BCUT2D eigenvalue weighted by atomic mass is 15.3. The SMILES string of the molecule is CCc1cc(C(N)CC)n(C)n1. The molecule has 12 heavy (non-hydrogen) atoms. The summed E-state index contributed by atoms with van der Waals surface area (Å²) in [6, 6.07) is 2.22. The van der Waals surface area contributed by atoms with Crippen LogP contribution in [0.1, 0.15) is 37.7 Å². The quantitative estimate of drug-likeness (QED) is 0.739. The first kappa shape index (κ1) is 9.26. The van der Waals surface area contributed by atoms with Crippen molar-refractivity contribution in [2.24, 2.45) is 12.8 Å². The summed E-state index contributed by atoms with van der Waals surface area (Å²) in [6.07, 6.45) is 1.94. The maximum Gasteiger partial charge on any atom is 0.0625 e. The van der Waals surface area contributed by atoms with Gasteiger partial charge in [0.15, 0.2) is 0 Å². The Morgan fingerprint density at radius 3 is 2.67 bits per heavy atom. The fraction of sp³-hybridized carbons (Fsp3) is 0.667. The van der Waals surface area contributed by atoms with Crippen molar-refractivity contribution >= 4 is 0 Å². The lowest BCUT2D eigenvalue weighted by molar-refractivity contribution is 0.603. The van der Waals surface area contributed by atoms with Crippen LogP contribution in [0.25, 0.3) is 0 Å². The molecule has 0 saturated heterocycles. The van der Waals surface area contributed by atoms with Crippen molar-refractivity contribution in [3.8, 4) is 0 Å². The Morgan fingerprint density at radius 1 is 1.58 bits per heavy atom. The van der Waals surface area contributed by atoms with Crippen LogP contribution in [0.5, 0.6) is 0 Å². The number of aromatic nitrogens is 2. The van der Waals surface area contributed by atoms with E-state index in [1.165, 1.54) is 0 Å². The van der Waals surface area contributed by atoms with Crippen molar-refractivity contribution in [2.45, 2.75) is 32.7 Å². The zero-order valence-corrected chi connectivity index (χ0v) is 8.04. The van der Waals surface area contributed by atoms with Gasteiger partial charge in [0.25, 0.3) is 0 Å². The predicted octanol–water partition coefficient (Wildman–Crippen LogP) is 1.39. The molecule has 0 fully saturated rings. The van der Waals surface area contributed by atoms with Gasteiger partial charge in [0.1, 0.15) is 0 Å². The first-order valence-electron chi connectivity index (χ1n) is 4.47. The molecule has 0 aliphatic carbocycles. The molecule has 0 spiro atoms. The summed E-state index contributed by atoms with van der Waals surface area (Å²) in [4.78, 5) is 0. The van der Waals surface area contributed by atoms with Gasteiger partial charge < -0.3 is 5.73 Å². The molecule has 0 aliphatic rings. The van der Waals surface area contributed by atoms with Crippen molar-refractivity contribution in [3.63, 3.8) is 0 Å². The number of aryl methyl sites for hydroxylation is 2. The van der Waals surface area contributed by atoms with Crippen molar-refractivity contribution < 1.29 is 0 Å². The summed E-state index contributed by atoms with van der Waals surface area (Å²) in [5, 5.41) is 4.33. The van der Waals surface area contributed by atoms with Gasteiger partial charge in [-0.2, -0.15) is 5.10 Å². The minimum absolute atomic E-state index is 0.128. The smallest absolute Gasteiger partial charge is 0.0625 e. The van der Waals surface area contributed by atoms with Gasteiger partial charge in [0.2, 0.25) is 0 Å². The first-order valence-corrected chi connectivity index (χ1v) is 4.47. The van der Waals surface area contributed by atoms with Crippen LogP contribution < -0.4 is 5.73 Å². The van der Waals surface area contributed by atoms with Crippen molar-refractivity contribution in [3.05, 3.63) is 17.5 Å². The maximum absolute atomic E-state index is 5.90. The van der Waals surface area contributed by atoms with Gasteiger partial charge in [-0.05, 0) is 18.9 Å². The Balaban J connectivity index is 2.91. The number of nitrogens with zero attached hydrogens (tertiary/aromatic N) is 2. The Labute approximate surface area is 73.6 Å². The lowest BCUT2D eigenvalue weighted by Gasteiger charge is -2.07. The van der Waals surface area contributed by atoms with Crippen LogP contribution in [0.2, 0.25) is 0 Å². The lowest BCUT2D eigenvalue weighted by atomic mass is 10.1. The maximum atomic E-state index is 5.90. The van der Waals surface area contributed by atoms with E-state index in [1.54, 1.807) is 0 Å². The van der Waals surface area contributed by atoms with Crippen LogP contribution in [0, 0.1) is 0 Å². The number of rotatable bonds is 3.